The minimum atomic E-state index is 0.872. The number of aromatic nitrogens is 3. The van der Waals surface area contributed by atoms with Gasteiger partial charge in [-0.15, -0.1) is 0 Å². The summed E-state index contributed by atoms with van der Waals surface area (Å²) in [5, 5.41) is 9.56. The lowest BCUT2D eigenvalue weighted by Crippen LogP contribution is -1.94. The van der Waals surface area contributed by atoms with Gasteiger partial charge in [-0.05, 0) is 154 Å². The number of rotatable bonds is 7. The SMILES string of the molecule is c1ccc(-c2cccc(-n3c4ccc(-c5ccc6oc7cccc(-c8ccc9c(c8)c8ccccc8n9-c8ccccc8)c7c6c5)cc4c4cc(-c5ccc6c7ccccc7n(-c7ccccc7)c6c5)ccc43)c2)cc1. The summed E-state index contributed by atoms with van der Waals surface area (Å²) >= 11 is 0. The lowest BCUT2D eigenvalue weighted by Gasteiger charge is -2.11. The highest BCUT2D eigenvalue weighted by atomic mass is 16.3. The van der Waals surface area contributed by atoms with Gasteiger partial charge in [0.2, 0.25) is 0 Å². The molecule has 0 radical (unpaired) electrons. The van der Waals surface area contributed by atoms with Gasteiger partial charge >= 0.3 is 0 Å². The average Bonchev–Trinajstić information content (AvgIpc) is 4.30. The van der Waals surface area contributed by atoms with E-state index in [0.717, 1.165) is 72.3 Å². The normalized spacial score (nSPS) is 11.9. The van der Waals surface area contributed by atoms with Crippen molar-refractivity contribution in [3.05, 3.63) is 273 Å². The van der Waals surface area contributed by atoms with E-state index in [9.17, 15) is 0 Å². The van der Waals surface area contributed by atoms with E-state index in [4.69, 9.17) is 4.42 Å². The Morgan fingerprint density at radius 1 is 0.211 bits per heavy atom. The monoisotopic (exact) mass is 967 g/mol. The number of hydrogen-bond acceptors (Lipinski definition) is 1. The highest BCUT2D eigenvalue weighted by molar-refractivity contribution is 6.17. The van der Waals surface area contributed by atoms with Crippen molar-refractivity contribution in [2.75, 3.05) is 0 Å². The summed E-state index contributed by atoms with van der Waals surface area (Å²) in [7, 11) is 0. The molecule has 4 heterocycles. The van der Waals surface area contributed by atoms with Crippen LogP contribution in [0, 0.1) is 0 Å². The molecule has 0 atom stereocenters. The summed E-state index contributed by atoms with van der Waals surface area (Å²) in [6, 6.07) is 99.5. The van der Waals surface area contributed by atoms with Crippen molar-refractivity contribution in [2.24, 2.45) is 0 Å². The Labute approximate surface area is 437 Å². The predicted molar refractivity (Wildman–Crippen MR) is 318 cm³/mol. The van der Waals surface area contributed by atoms with Crippen LogP contribution in [0.3, 0.4) is 0 Å². The lowest BCUT2D eigenvalue weighted by molar-refractivity contribution is 0.669. The Kier molecular flexibility index (Phi) is 9.30. The summed E-state index contributed by atoms with van der Waals surface area (Å²) in [4.78, 5) is 0. The van der Waals surface area contributed by atoms with Crippen molar-refractivity contribution >= 4 is 87.4 Å². The number of nitrogens with zero attached hydrogens (tertiary/aromatic N) is 3. The van der Waals surface area contributed by atoms with Crippen LogP contribution in [0.1, 0.15) is 0 Å². The number of furan rings is 1. The molecule has 4 heteroatoms. The Morgan fingerprint density at radius 2 is 0.632 bits per heavy atom. The molecule has 0 N–H and O–H groups in total. The van der Waals surface area contributed by atoms with Crippen LogP contribution in [0.15, 0.2) is 277 Å². The van der Waals surface area contributed by atoms with Crippen molar-refractivity contribution in [2.45, 2.75) is 0 Å². The van der Waals surface area contributed by atoms with Gasteiger partial charge in [0.1, 0.15) is 11.2 Å². The van der Waals surface area contributed by atoms with E-state index in [0.29, 0.717) is 0 Å². The molecule has 16 aromatic rings. The van der Waals surface area contributed by atoms with Crippen LogP contribution in [-0.2, 0) is 0 Å². The van der Waals surface area contributed by atoms with Gasteiger partial charge in [0.15, 0.2) is 0 Å². The number of hydrogen-bond donors (Lipinski definition) is 0. The van der Waals surface area contributed by atoms with Crippen LogP contribution < -0.4 is 0 Å². The molecule has 0 fully saturated rings. The van der Waals surface area contributed by atoms with E-state index in [1.165, 1.54) is 76.6 Å². The summed E-state index contributed by atoms with van der Waals surface area (Å²) in [6.07, 6.45) is 0. The number of para-hydroxylation sites is 4. The van der Waals surface area contributed by atoms with Gasteiger partial charge in [-0.2, -0.15) is 0 Å². The van der Waals surface area contributed by atoms with E-state index >= 15 is 0 Å². The zero-order valence-corrected chi connectivity index (χ0v) is 41.2. The molecule has 0 spiro atoms. The molecule has 0 aliphatic carbocycles. The second-order valence-corrected chi connectivity index (χ2v) is 20.0. The average molecular weight is 968 g/mol. The Hall–Kier alpha value is -10.2. The Bertz CT molecular complexity index is 4980. The molecular weight excluding hydrogens is 923 g/mol. The lowest BCUT2D eigenvalue weighted by atomic mass is 9.96. The fraction of sp³-hybridized carbons (Fsp3) is 0. The third-order valence-electron chi connectivity index (χ3n) is 15.8. The van der Waals surface area contributed by atoms with E-state index < -0.39 is 0 Å². The van der Waals surface area contributed by atoms with E-state index in [2.05, 4.69) is 287 Å². The molecule has 0 aliphatic heterocycles. The first-order chi connectivity index (χ1) is 37.7. The number of benzene rings is 12. The molecule has 16 rings (SSSR count). The second kappa shape index (κ2) is 16.7. The fourth-order valence-electron chi connectivity index (χ4n) is 12.4. The van der Waals surface area contributed by atoms with Crippen LogP contribution in [0.4, 0.5) is 0 Å². The maximum atomic E-state index is 6.67. The second-order valence-electron chi connectivity index (χ2n) is 20.0. The predicted octanol–water partition coefficient (Wildman–Crippen LogP) is 19.5. The first-order valence-corrected chi connectivity index (χ1v) is 26.1. The first kappa shape index (κ1) is 42.4. The highest BCUT2D eigenvalue weighted by Gasteiger charge is 2.20. The third kappa shape index (κ3) is 6.51. The van der Waals surface area contributed by atoms with Crippen molar-refractivity contribution in [3.63, 3.8) is 0 Å². The molecule has 0 saturated carbocycles. The summed E-state index contributed by atoms with van der Waals surface area (Å²) in [5.74, 6) is 0. The minimum absolute atomic E-state index is 0.872. The van der Waals surface area contributed by atoms with Crippen LogP contribution in [0.2, 0.25) is 0 Å². The van der Waals surface area contributed by atoms with E-state index in [1.54, 1.807) is 0 Å². The molecule has 4 nitrogen and oxygen atoms in total. The molecule has 354 valence electrons. The smallest absolute Gasteiger partial charge is 0.136 e. The van der Waals surface area contributed by atoms with Crippen LogP contribution in [-0.4, -0.2) is 13.7 Å². The molecule has 0 amide bonds. The van der Waals surface area contributed by atoms with Gasteiger partial charge in [0.05, 0.1) is 33.1 Å². The van der Waals surface area contributed by atoms with Crippen molar-refractivity contribution in [1.29, 1.82) is 0 Å². The van der Waals surface area contributed by atoms with Crippen molar-refractivity contribution in [1.82, 2.24) is 13.7 Å². The standard InChI is InChI=1S/C72H45N3O/c1-4-16-46(17-5-1)47-18-14-23-55(40-47)75-67-36-31-48(41-61(67)62-42-49(32-37-68(62)75)51-30-35-59-57-24-10-12-27-64(57)74(69(59)45-51)54-21-8-3-9-22-54)50-34-39-70-63(43-50)72-56(26-15-29-71(72)76-70)52-33-38-66-60(44-52)58-25-11-13-28-65(58)73(66)53-19-6-2-7-20-53/h1-45H. The molecule has 12 aromatic carbocycles. The van der Waals surface area contributed by atoms with E-state index in [-0.39, 0.29) is 0 Å². The quantitative estimate of drug-likeness (QED) is 0.156. The summed E-state index contributed by atoms with van der Waals surface area (Å²) in [6.45, 7) is 0. The van der Waals surface area contributed by atoms with Gasteiger partial charge in [-0.25, -0.2) is 0 Å². The van der Waals surface area contributed by atoms with Crippen LogP contribution in [0.5, 0.6) is 0 Å². The summed E-state index contributed by atoms with van der Waals surface area (Å²) < 4.78 is 13.9. The van der Waals surface area contributed by atoms with Gasteiger partial charge in [-0.1, -0.05) is 164 Å². The van der Waals surface area contributed by atoms with Crippen molar-refractivity contribution in [3.8, 4) is 61.6 Å². The van der Waals surface area contributed by atoms with Crippen LogP contribution in [0.25, 0.3) is 149 Å². The molecule has 0 saturated heterocycles. The highest BCUT2D eigenvalue weighted by Crippen LogP contribution is 2.44. The van der Waals surface area contributed by atoms with Gasteiger partial charge in [-0.3, -0.25) is 0 Å². The Balaban J connectivity index is 0.870. The third-order valence-corrected chi connectivity index (χ3v) is 15.8. The Morgan fingerprint density at radius 3 is 1.30 bits per heavy atom. The molecule has 0 bridgehead atoms. The largest absolute Gasteiger partial charge is 0.456 e. The maximum absolute atomic E-state index is 6.67. The maximum Gasteiger partial charge on any atom is 0.136 e. The molecule has 4 aromatic heterocycles. The van der Waals surface area contributed by atoms with Gasteiger partial charge in [0, 0.05) is 60.2 Å². The minimum Gasteiger partial charge on any atom is -0.456 e. The molecule has 76 heavy (non-hydrogen) atoms. The van der Waals surface area contributed by atoms with E-state index in [1.807, 2.05) is 0 Å². The van der Waals surface area contributed by atoms with Gasteiger partial charge in [0.25, 0.3) is 0 Å². The summed E-state index contributed by atoms with van der Waals surface area (Å²) in [5.41, 5.74) is 21.6. The first-order valence-electron chi connectivity index (χ1n) is 26.1. The fourth-order valence-corrected chi connectivity index (χ4v) is 12.4. The van der Waals surface area contributed by atoms with Gasteiger partial charge < -0.3 is 18.1 Å². The topological polar surface area (TPSA) is 27.9 Å². The molecular formula is C72H45N3O. The zero-order valence-electron chi connectivity index (χ0n) is 41.2. The van der Waals surface area contributed by atoms with Crippen LogP contribution >= 0.6 is 0 Å². The molecule has 0 aliphatic rings. The molecule has 0 unspecified atom stereocenters. The van der Waals surface area contributed by atoms with Crippen molar-refractivity contribution < 1.29 is 4.42 Å². The number of fused-ring (bicyclic) bond motifs is 12. The zero-order chi connectivity index (χ0) is 49.8.